The highest BCUT2D eigenvalue weighted by Gasteiger charge is 2.35. The summed E-state index contributed by atoms with van der Waals surface area (Å²) in [4.78, 5) is 19.5. The molecule has 9 nitrogen and oxygen atoms in total. The third-order valence-corrected chi connectivity index (χ3v) is 6.88. The third-order valence-electron chi connectivity index (χ3n) is 6.63. The first-order valence-corrected chi connectivity index (χ1v) is 11.9. The van der Waals surface area contributed by atoms with Crippen LogP contribution in [0.1, 0.15) is 17.6 Å². The second kappa shape index (κ2) is 8.83. The van der Waals surface area contributed by atoms with Crippen molar-refractivity contribution in [2.45, 2.75) is 12.1 Å². The molecule has 2 fully saturated rings. The smallest absolute Gasteiger partial charge is 0.227 e. The number of ether oxygens (including phenoxy) is 1. The number of carbonyl (C=O) groups excluding carboxylic acids is 1. The Morgan fingerprint density at radius 2 is 1.97 bits per heavy atom. The molecule has 0 aliphatic carbocycles. The number of amides is 1. The molecular weight excluding hydrogens is 466 g/mol. The predicted octanol–water partition coefficient (Wildman–Crippen LogP) is 3.30. The minimum absolute atomic E-state index is 0.00497. The Morgan fingerprint density at radius 3 is 2.69 bits per heavy atom. The fraction of sp³-hybridized carbons (Fsp3) is 0.280. The van der Waals surface area contributed by atoms with Crippen LogP contribution in [0.25, 0.3) is 16.6 Å². The maximum Gasteiger partial charge on any atom is 0.227 e. The normalized spacial score (nSPS) is 17.1. The molecule has 1 N–H and O–H groups in total. The van der Waals surface area contributed by atoms with E-state index in [0.29, 0.717) is 37.4 Å². The van der Waals surface area contributed by atoms with Crippen molar-refractivity contribution in [2.75, 3.05) is 31.2 Å². The number of hydrogen-bond acceptors (Lipinski definition) is 6. The topological polar surface area (TPSA) is 89.6 Å². The van der Waals surface area contributed by atoms with Crippen LogP contribution >= 0.6 is 11.6 Å². The molecule has 1 atom stereocenters. The number of nitrogens with one attached hydrogen (secondary N) is 1. The van der Waals surface area contributed by atoms with Crippen LogP contribution in [0.15, 0.2) is 67.9 Å². The van der Waals surface area contributed by atoms with Gasteiger partial charge in [0.25, 0.3) is 0 Å². The van der Waals surface area contributed by atoms with Crippen molar-refractivity contribution in [2.24, 2.45) is 5.92 Å². The molecule has 0 radical (unpaired) electrons. The van der Waals surface area contributed by atoms with Gasteiger partial charge in [0.05, 0.1) is 37.4 Å². The first-order valence-electron chi connectivity index (χ1n) is 11.5. The summed E-state index contributed by atoms with van der Waals surface area (Å²) in [5.74, 6) is 0.680. The summed E-state index contributed by atoms with van der Waals surface area (Å²) in [5, 5.41) is 12.6. The Labute approximate surface area is 207 Å². The average Bonchev–Trinajstić information content (AvgIpc) is 3.44. The van der Waals surface area contributed by atoms with Gasteiger partial charge in [0, 0.05) is 41.6 Å². The third kappa shape index (κ3) is 4.06. The lowest BCUT2D eigenvalue weighted by atomic mass is 9.97. The molecule has 5 heterocycles. The van der Waals surface area contributed by atoms with Gasteiger partial charge in [0.1, 0.15) is 11.8 Å². The summed E-state index contributed by atoms with van der Waals surface area (Å²) in [7, 11) is 0. The van der Waals surface area contributed by atoms with Crippen LogP contribution < -0.4 is 10.2 Å². The van der Waals surface area contributed by atoms with Crippen molar-refractivity contribution >= 4 is 28.8 Å². The maximum atomic E-state index is 12.9. The number of fused-ring (bicyclic) bond motifs is 1. The zero-order valence-corrected chi connectivity index (χ0v) is 19.7. The lowest BCUT2D eigenvalue weighted by Gasteiger charge is -2.39. The van der Waals surface area contributed by atoms with Gasteiger partial charge in [-0.1, -0.05) is 29.8 Å². The number of carbonyl (C=O) groups is 1. The lowest BCUT2D eigenvalue weighted by molar-refractivity contribution is -0.126. The summed E-state index contributed by atoms with van der Waals surface area (Å²) in [6.07, 6.45) is 9.15. The molecule has 3 aromatic heterocycles. The van der Waals surface area contributed by atoms with Gasteiger partial charge < -0.3 is 15.0 Å². The van der Waals surface area contributed by atoms with Gasteiger partial charge in [-0.05, 0) is 23.8 Å². The number of anilines is 1. The van der Waals surface area contributed by atoms with E-state index in [1.165, 1.54) is 0 Å². The van der Waals surface area contributed by atoms with Gasteiger partial charge in [-0.15, -0.1) is 6.58 Å². The zero-order chi connectivity index (χ0) is 23.9. The van der Waals surface area contributed by atoms with E-state index in [4.69, 9.17) is 16.3 Å². The van der Waals surface area contributed by atoms with E-state index in [2.05, 4.69) is 38.0 Å². The van der Waals surface area contributed by atoms with Crippen molar-refractivity contribution in [1.29, 1.82) is 0 Å². The molecule has 2 aliphatic heterocycles. The Bertz CT molecular complexity index is 1390. The second-order valence-electron chi connectivity index (χ2n) is 8.92. The molecule has 35 heavy (non-hydrogen) atoms. The molecule has 2 saturated heterocycles. The van der Waals surface area contributed by atoms with Crippen LogP contribution in [0.4, 0.5) is 5.82 Å². The molecule has 0 spiro atoms. The Kier molecular flexibility index (Phi) is 5.50. The molecule has 10 heteroatoms. The summed E-state index contributed by atoms with van der Waals surface area (Å²) in [5.41, 5.74) is 3.88. The van der Waals surface area contributed by atoms with Crippen LogP contribution in [-0.2, 0) is 9.53 Å². The minimum Gasteiger partial charge on any atom is -0.377 e. The summed E-state index contributed by atoms with van der Waals surface area (Å²) in [6, 6.07) is 9.52. The molecule has 1 amide bonds. The Morgan fingerprint density at radius 1 is 1.17 bits per heavy atom. The zero-order valence-electron chi connectivity index (χ0n) is 18.9. The fourth-order valence-electron chi connectivity index (χ4n) is 4.42. The van der Waals surface area contributed by atoms with Crippen molar-refractivity contribution in [3.63, 3.8) is 0 Å². The van der Waals surface area contributed by atoms with Gasteiger partial charge in [-0.25, -0.2) is 9.50 Å². The van der Waals surface area contributed by atoms with Crippen molar-refractivity contribution in [1.82, 2.24) is 29.7 Å². The predicted molar refractivity (Wildman–Crippen MR) is 132 cm³/mol. The molecule has 178 valence electrons. The van der Waals surface area contributed by atoms with Crippen LogP contribution in [0.5, 0.6) is 0 Å². The molecule has 1 aromatic carbocycles. The Hall–Kier alpha value is -3.69. The SMILES string of the molecule is C=C[C@H](NC(=O)C1CN(c2ncnn3cc(-c4cnn(C5COC5)c4)cc23)C1)c1ccc(Cl)cc1. The van der Waals surface area contributed by atoms with Gasteiger partial charge >= 0.3 is 0 Å². The van der Waals surface area contributed by atoms with E-state index in [1.807, 2.05) is 52.1 Å². The quantitative estimate of drug-likeness (QED) is 0.401. The van der Waals surface area contributed by atoms with Gasteiger partial charge in [0.2, 0.25) is 5.91 Å². The number of benzene rings is 1. The van der Waals surface area contributed by atoms with E-state index >= 15 is 0 Å². The Balaban J connectivity index is 1.14. The maximum absolute atomic E-state index is 12.9. The van der Waals surface area contributed by atoms with E-state index in [1.54, 1.807) is 12.4 Å². The van der Waals surface area contributed by atoms with Crippen LogP contribution in [0, 0.1) is 5.92 Å². The second-order valence-corrected chi connectivity index (χ2v) is 9.35. The molecule has 2 aliphatic rings. The number of nitrogens with zero attached hydrogens (tertiary/aromatic N) is 6. The molecule has 6 rings (SSSR count). The average molecular weight is 490 g/mol. The van der Waals surface area contributed by atoms with Crippen molar-refractivity contribution in [3.8, 4) is 11.1 Å². The van der Waals surface area contributed by atoms with Gasteiger partial charge in [-0.3, -0.25) is 9.48 Å². The first kappa shape index (κ1) is 21.8. The fourth-order valence-corrected chi connectivity index (χ4v) is 4.54. The highest BCUT2D eigenvalue weighted by molar-refractivity contribution is 6.30. The molecule has 4 aromatic rings. The summed E-state index contributed by atoms with van der Waals surface area (Å²) < 4.78 is 9.04. The number of rotatable bonds is 7. The number of halogens is 1. The first-order chi connectivity index (χ1) is 17.1. The van der Waals surface area contributed by atoms with E-state index in [0.717, 1.165) is 28.0 Å². The summed E-state index contributed by atoms with van der Waals surface area (Å²) >= 11 is 5.98. The van der Waals surface area contributed by atoms with E-state index in [-0.39, 0.29) is 17.9 Å². The monoisotopic (exact) mass is 489 g/mol. The van der Waals surface area contributed by atoms with Crippen LogP contribution in [-0.4, -0.2) is 56.6 Å². The highest BCUT2D eigenvalue weighted by atomic mass is 35.5. The largest absolute Gasteiger partial charge is 0.377 e. The van der Waals surface area contributed by atoms with Gasteiger partial charge in [-0.2, -0.15) is 10.2 Å². The van der Waals surface area contributed by atoms with Gasteiger partial charge in [0.15, 0.2) is 5.82 Å². The summed E-state index contributed by atoms with van der Waals surface area (Å²) in [6.45, 7) is 6.44. The van der Waals surface area contributed by atoms with Crippen molar-refractivity contribution < 1.29 is 9.53 Å². The van der Waals surface area contributed by atoms with Crippen molar-refractivity contribution in [3.05, 3.63) is 78.5 Å². The lowest BCUT2D eigenvalue weighted by Crippen LogP contribution is -2.54. The van der Waals surface area contributed by atoms with E-state index in [9.17, 15) is 4.79 Å². The molecule has 0 saturated carbocycles. The highest BCUT2D eigenvalue weighted by Crippen LogP contribution is 2.31. The van der Waals surface area contributed by atoms with Crippen LogP contribution in [0.3, 0.4) is 0 Å². The number of aromatic nitrogens is 5. The standard InChI is InChI=1S/C25H24ClN7O2/c1-2-22(16-3-5-20(26)6-4-16)30-25(34)19-9-31(10-19)24-23-7-17(11-33(23)29-15-27-24)18-8-28-32(12-18)21-13-35-14-21/h2-8,11-12,15,19,21-22H,1,9-10,13-14H2,(H,30,34)/t22-/m0/s1. The van der Waals surface area contributed by atoms with E-state index < -0.39 is 0 Å². The minimum atomic E-state index is -0.264. The molecule has 0 unspecified atom stereocenters. The van der Waals surface area contributed by atoms with Crippen LogP contribution in [0.2, 0.25) is 5.02 Å². The molecule has 0 bridgehead atoms. The number of hydrogen-bond donors (Lipinski definition) is 1. The molecular formula is C25H24ClN7O2.